The number of sulfone groups is 1. The first-order valence-electron chi connectivity index (χ1n) is 5.42. The molecule has 0 saturated carbocycles. The molecule has 15 heavy (non-hydrogen) atoms. The minimum atomic E-state index is -2.91. The van der Waals surface area contributed by atoms with Crippen molar-refractivity contribution in [2.75, 3.05) is 32.3 Å². The van der Waals surface area contributed by atoms with Crippen LogP contribution < -0.4 is 5.32 Å². The molecule has 1 N–H and O–H groups in total. The molecule has 0 aromatic heterocycles. The van der Waals surface area contributed by atoms with Crippen molar-refractivity contribution in [2.24, 2.45) is 0 Å². The summed E-state index contributed by atoms with van der Waals surface area (Å²) in [5.74, 6) is 0.411. The molecule has 1 atom stereocenters. The van der Waals surface area contributed by atoms with Crippen LogP contribution in [0.5, 0.6) is 0 Å². The third-order valence-corrected chi connectivity index (χ3v) is 4.21. The van der Waals surface area contributed by atoms with Gasteiger partial charge < -0.3 is 10.1 Å². The molecule has 92 valence electrons. The van der Waals surface area contributed by atoms with E-state index in [0.717, 1.165) is 19.3 Å². The van der Waals surface area contributed by atoms with Crippen molar-refractivity contribution in [1.82, 2.24) is 5.32 Å². The molecule has 0 spiro atoms. The molecule has 0 heterocycles. The fraction of sp³-hybridized carbons (Fsp3) is 1.00. The number of hydrogen-bond acceptors (Lipinski definition) is 4. The maximum Gasteiger partial charge on any atom is 0.152 e. The number of methoxy groups -OCH3 is 1. The van der Waals surface area contributed by atoms with Gasteiger partial charge in [-0.1, -0.05) is 6.92 Å². The van der Waals surface area contributed by atoms with E-state index in [4.69, 9.17) is 4.74 Å². The van der Waals surface area contributed by atoms with Crippen LogP contribution in [0.2, 0.25) is 0 Å². The molecule has 0 rings (SSSR count). The standard InChI is InChI=1S/C10H23NO3S/c1-4-10(11-2)6-5-8-15(12,13)9-7-14-3/h10-11H,4-9H2,1-3H3. The Morgan fingerprint density at radius 1 is 1.33 bits per heavy atom. The van der Waals surface area contributed by atoms with E-state index >= 15 is 0 Å². The lowest BCUT2D eigenvalue weighted by Crippen LogP contribution is -2.25. The topological polar surface area (TPSA) is 55.4 Å². The Hall–Kier alpha value is -0.130. The highest BCUT2D eigenvalue weighted by atomic mass is 32.2. The Kier molecular flexibility index (Phi) is 8.00. The molecule has 0 aliphatic heterocycles. The summed E-state index contributed by atoms with van der Waals surface area (Å²) >= 11 is 0. The normalized spacial score (nSPS) is 14.1. The summed E-state index contributed by atoms with van der Waals surface area (Å²) in [5.41, 5.74) is 0. The number of ether oxygens (including phenoxy) is 1. The van der Waals surface area contributed by atoms with Crippen molar-refractivity contribution in [1.29, 1.82) is 0 Å². The molecule has 0 aromatic carbocycles. The minimum Gasteiger partial charge on any atom is -0.384 e. The van der Waals surface area contributed by atoms with Gasteiger partial charge in [0.2, 0.25) is 0 Å². The molecule has 0 aliphatic rings. The van der Waals surface area contributed by atoms with Crippen LogP contribution in [0.15, 0.2) is 0 Å². The Balaban J connectivity index is 3.74. The van der Waals surface area contributed by atoms with Crippen molar-refractivity contribution in [3.05, 3.63) is 0 Å². The Bertz CT molecular complexity index is 235. The van der Waals surface area contributed by atoms with Gasteiger partial charge in [0.1, 0.15) is 0 Å². The zero-order chi connectivity index (χ0) is 11.7. The van der Waals surface area contributed by atoms with Gasteiger partial charge in [-0.2, -0.15) is 0 Å². The van der Waals surface area contributed by atoms with Crippen LogP contribution in [0.4, 0.5) is 0 Å². The van der Waals surface area contributed by atoms with Crippen LogP contribution in [-0.4, -0.2) is 46.7 Å². The summed E-state index contributed by atoms with van der Waals surface area (Å²) < 4.78 is 27.7. The SMILES string of the molecule is CCC(CCCS(=O)(=O)CCOC)NC. The van der Waals surface area contributed by atoms with E-state index in [0.29, 0.717) is 12.6 Å². The lowest BCUT2D eigenvalue weighted by atomic mass is 10.1. The van der Waals surface area contributed by atoms with Crippen LogP contribution in [0.25, 0.3) is 0 Å². The summed E-state index contributed by atoms with van der Waals surface area (Å²) in [7, 11) is 0.519. The summed E-state index contributed by atoms with van der Waals surface area (Å²) in [6, 6.07) is 0.433. The third-order valence-electron chi connectivity index (χ3n) is 2.51. The quantitative estimate of drug-likeness (QED) is 0.645. The van der Waals surface area contributed by atoms with Gasteiger partial charge in [-0.25, -0.2) is 8.42 Å². The fourth-order valence-corrected chi connectivity index (χ4v) is 2.65. The summed E-state index contributed by atoms with van der Waals surface area (Å²) in [4.78, 5) is 0. The van der Waals surface area contributed by atoms with E-state index in [1.165, 1.54) is 7.11 Å². The van der Waals surface area contributed by atoms with Crippen molar-refractivity contribution in [2.45, 2.75) is 32.2 Å². The highest BCUT2D eigenvalue weighted by Gasteiger charge is 2.11. The van der Waals surface area contributed by atoms with Crippen LogP contribution in [0, 0.1) is 0 Å². The monoisotopic (exact) mass is 237 g/mol. The van der Waals surface area contributed by atoms with Crippen LogP contribution >= 0.6 is 0 Å². The fourth-order valence-electron chi connectivity index (χ4n) is 1.41. The van der Waals surface area contributed by atoms with E-state index in [2.05, 4.69) is 12.2 Å². The molecule has 0 aliphatic carbocycles. The van der Waals surface area contributed by atoms with E-state index < -0.39 is 9.84 Å². The van der Waals surface area contributed by atoms with E-state index in [1.807, 2.05) is 7.05 Å². The molecule has 5 heteroatoms. The first kappa shape index (κ1) is 14.9. The van der Waals surface area contributed by atoms with Crippen molar-refractivity contribution >= 4 is 9.84 Å². The first-order chi connectivity index (χ1) is 7.05. The van der Waals surface area contributed by atoms with Gasteiger partial charge in [0.05, 0.1) is 18.1 Å². The maximum atomic E-state index is 11.4. The molecule has 0 aromatic rings. The van der Waals surface area contributed by atoms with E-state index in [1.54, 1.807) is 0 Å². The lowest BCUT2D eigenvalue weighted by molar-refractivity contribution is 0.217. The second-order valence-corrected chi connectivity index (χ2v) is 5.98. The van der Waals surface area contributed by atoms with Crippen molar-refractivity contribution < 1.29 is 13.2 Å². The van der Waals surface area contributed by atoms with Gasteiger partial charge in [0, 0.05) is 13.2 Å². The van der Waals surface area contributed by atoms with E-state index in [9.17, 15) is 8.42 Å². The van der Waals surface area contributed by atoms with Gasteiger partial charge >= 0.3 is 0 Å². The molecular formula is C10H23NO3S. The number of rotatable bonds is 9. The Morgan fingerprint density at radius 2 is 2.00 bits per heavy atom. The Labute approximate surface area is 93.3 Å². The smallest absolute Gasteiger partial charge is 0.152 e. The van der Waals surface area contributed by atoms with Crippen LogP contribution in [0.3, 0.4) is 0 Å². The molecule has 0 radical (unpaired) electrons. The predicted octanol–water partition coefficient (Wildman–Crippen LogP) is 0.826. The second kappa shape index (κ2) is 8.07. The highest BCUT2D eigenvalue weighted by Crippen LogP contribution is 2.04. The van der Waals surface area contributed by atoms with Crippen LogP contribution in [0.1, 0.15) is 26.2 Å². The summed E-state index contributed by atoms with van der Waals surface area (Å²) in [5, 5.41) is 3.16. The highest BCUT2D eigenvalue weighted by molar-refractivity contribution is 7.91. The van der Waals surface area contributed by atoms with Gasteiger partial charge in [-0.3, -0.25) is 0 Å². The number of nitrogens with one attached hydrogen (secondary N) is 1. The van der Waals surface area contributed by atoms with Crippen molar-refractivity contribution in [3.63, 3.8) is 0 Å². The largest absolute Gasteiger partial charge is 0.384 e. The van der Waals surface area contributed by atoms with Crippen LogP contribution in [-0.2, 0) is 14.6 Å². The summed E-state index contributed by atoms with van der Waals surface area (Å²) in [6.45, 7) is 2.39. The lowest BCUT2D eigenvalue weighted by Gasteiger charge is -2.13. The van der Waals surface area contributed by atoms with E-state index in [-0.39, 0.29) is 11.5 Å². The van der Waals surface area contributed by atoms with Gasteiger partial charge in [-0.15, -0.1) is 0 Å². The average Bonchev–Trinajstić information content (AvgIpc) is 2.22. The molecule has 1 unspecified atom stereocenters. The average molecular weight is 237 g/mol. The molecule has 0 bridgehead atoms. The second-order valence-electron chi connectivity index (χ2n) is 3.68. The third kappa shape index (κ3) is 7.76. The summed E-state index contributed by atoms with van der Waals surface area (Å²) in [6.07, 6.45) is 2.68. The van der Waals surface area contributed by atoms with Crippen molar-refractivity contribution in [3.8, 4) is 0 Å². The zero-order valence-corrected chi connectivity index (χ0v) is 10.8. The van der Waals surface area contributed by atoms with Gasteiger partial charge in [0.25, 0.3) is 0 Å². The molecular weight excluding hydrogens is 214 g/mol. The molecule has 4 nitrogen and oxygen atoms in total. The maximum absolute atomic E-state index is 11.4. The first-order valence-corrected chi connectivity index (χ1v) is 7.24. The molecule has 0 fully saturated rings. The number of hydrogen-bond donors (Lipinski definition) is 1. The van der Waals surface area contributed by atoms with Gasteiger partial charge in [0.15, 0.2) is 9.84 Å². The predicted molar refractivity (Wildman–Crippen MR) is 62.9 cm³/mol. The van der Waals surface area contributed by atoms with Gasteiger partial charge in [-0.05, 0) is 26.3 Å². The minimum absolute atomic E-state index is 0.139. The zero-order valence-electron chi connectivity index (χ0n) is 9.95. The molecule has 0 amide bonds. The Morgan fingerprint density at radius 3 is 2.47 bits per heavy atom. The molecule has 0 saturated heterocycles.